The summed E-state index contributed by atoms with van der Waals surface area (Å²) in [7, 11) is 0. The van der Waals surface area contributed by atoms with E-state index in [1.54, 1.807) is 0 Å². The Labute approximate surface area is 67.4 Å². The zero-order valence-corrected chi connectivity index (χ0v) is 6.88. The minimum Gasteiger partial charge on any atom is -0.395 e. The van der Waals surface area contributed by atoms with E-state index in [4.69, 9.17) is 0 Å². The number of hydrogen-bond acceptors (Lipinski definition) is 1. The first-order valence-corrected chi connectivity index (χ1v) is 4.17. The van der Waals surface area contributed by atoms with Gasteiger partial charge in [0.05, 0.1) is 6.61 Å². The van der Waals surface area contributed by atoms with Crippen LogP contribution in [0, 0.1) is 17.3 Å². The maximum Gasteiger partial charge on any atom is 0.0527 e. The van der Waals surface area contributed by atoms with Gasteiger partial charge in [-0.1, -0.05) is 31.2 Å². The van der Waals surface area contributed by atoms with Crippen molar-refractivity contribution in [3.63, 3.8) is 0 Å². The molecule has 0 saturated heterocycles. The van der Waals surface area contributed by atoms with Crippen LogP contribution in [0.25, 0.3) is 0 Å². The predicted octanol–water partition coefficient (Wildman–Crippen LogP) is 1.75. The quantitative estimate of drug-likeness (QED) is 0.564. The molecule has 1 saturated carbocycles. The van der Waals surface area contributed by atoms with E-state index in [1.165, 1.54) is 12.0 Å². The molecule has 2 aliphatic carbocycles. The molecular weight excluding hydrogens is 136 g/mol. The van der Waals surface area contributed by atoms with Gasteiger partial charge in [0, 0.05) is 5.41 Å². The normalized spacial score (nSPS) is 47.3. The lowest BCUT2D eigenvalue weighted by molar-refractivity contribution is 0.151. The van der Waals surface area contributed by atoms with Gasteiger partial charge in [-0.05, 0) is 18.3 Å². The molecular formula is C10H14O. The molecule has 0 aromatic rings. The highest BCUT2D eigenvalue weighted by Crippen LogP contribution is 2.54. The summed E-state index contributed by atoms with van der Waals surface area (Å²) in [6, 6.07) is 0. The van der Waals surface area contributed by atoms with Crippen molar-refractivity contribution >= 4 is 0 Å². The zero-order valence-electron chi connectivity index (χ0n) is 6.88. The Kier molecular flexibility index (Phi) is 1.28. The minimum absolute atomic E-state index is 0.0145. The van der Waals surface area contributed by atoms with Crippen molar-refractivity contribution in [3.8, 4) is 0 Å². The third-order valence-electron chi connectivity index (χ3n) is 3.41. The van der Waals surface area contributed by atoms with E-state index in [2.05, 4.69) is 25.7 Å². The lowest BCUT2D eigenvalue weighted by Gasteiger charge is -2.31. The Bertz CT molecular complexity index is 229. The smallest absolute Gasteiger partial charge is 0.0527 e. The van der Waals surface area contributed by atoms with E-state index < -0.39 is 0 Å². The van der Waals surface area contributed by atoms with Crippen LogP contribution < -0.4 is 0 Å². The van der Waals surface area contributed by atoms with Gasteiger partial charge < -0.3 is 5.11 Å². The van der Waals surface area contributed by atoms with Crippen LogP contribution >= 0.6 is 0 Å². The highest BCUT2D eigenvalue weighted by molar-refractivity contribution is 5.33. The van der Waals surface area contributed by atoms with E-state index in [0.29, 0.717) is 11.8 Å². The summed E-state index contributed by atoms with van der Waals surface area (Å²) in [5.74, 6) is 1.10. The van der Waals surface area contributed by atoms with E-state index >= 15 is 0 Å². The van der Waals surface area contributed by atoms with Crippen LogP contribution in [-0.2, 0) is 0 Å². The molecule has 1 fully saturated rings. The largest absolute Gasteiger partial charge is 0.395 e. The first-order chi connectivity index (χ1) is 5.18. The molecule has 0 amide bonds. The van der Waals surface area contributed by atoms with Gasteiger partial charge in [-0.3, -0.25) is 0 Å². The van der Waals surface area contributed by atoms with Crippen LogP contribution in [0.3, 0.4) is 0 Å². The van der Waals surface area contributed by atoms with E-state index in [1.807, 2.05) is 0 Å². The molecule has 0 aliphatic heterocycles. The second-order valence-corrected chi connectivity index (χ2v) is 3.93. The fraction of sp³-hybridized carbons (Fsp3) is 0.600. The lowest BCUT2D eigenvalue weighted by Crippen LogP contribution is -2.27. The van der Waals surface area contributed by atoms with Crippen molar-refractivity contribution in [2.75, 3.05) is 6.61 Å². The standard InChI is InChI=1S/C10H14O/c1-7-8-3-4-9(5-8)10(7,2)6-11/h3-4,8-9,11H,1,5-6H2,2H3. The Morgan fingerprint density at radius 3 is 2.82 bits per heavy atom. The molecule has 0 aromatic carbocycles. The maximum absolute atomic E-state index is 9.22. The van der Waals surface area contributed by atoms with Crippen molar-refractivity contribution in [3.05, 3.63) is 24.3 Å². The molecule has 2 aliphatic rings. The summed E-state index contributed by atoms with van der Waals surface area (Å²) >= 11 is 0. The Balaban J connectivity index is 2.38. The summed E-state index contributed by atoms with van der Waals surface area (Å²) in [4.78, 5) is 0. The predicted molar refractivity (Wildman–Crippen MR) is 45.1 cm³/mol. The molecule has 0 radical (unpaired) electrons. The molecule has 0 heterocycles. The van der Waals surface area contributed by atoms with Gasteiger partial charge in [0.15, 0.2) is 0 Å². The fourth-order valence-corrected chi connectivity index (χ4v) is 2.31. The number of aliphatic hydroxyl groups is 1. The molecule has 0 spiro atoms. The van der Waals surface area contributed by atoms with Gasteiger partial charge in [0.2, 0.25) is 0 Å². The number of allylic oxidation sites excluding steroid dienone is 2. The van der Waals surface area contributed by atoms with Crippen LogP contribution in [0.2, 0.25) is 0 Å². The first-order valence-electron chi connectivity index (χ1n) is 4.17. The molecule has 60 valence electrons. The molecule has 1 N–H and O–H groups in total. The Morgan fingerprint density at radius 1 is 1.73 bits per heavy atom. The van der Waals surface area contributed by atoms with Crippen LogP contribution in [0.1, 0.15) is 13.3 Å². The summed E-state index contributed by atoms with van der Waals surface area (Å²) in [5, 5.41) is 9.22. The number of rotatable bonds is 1. The van der Waals surface area contributed by atoms with E-state index in [0.717, 1.165) is 0 Å². The van der Waals surface area contributed by atoms with E-state index in [9.17, 15) is 5.11 Å². The van der Waals surface area contributed by atoms with Crippen LogP contribution in [0.4, 0.5) is 0 Å². The average Bonchev–Trinajstić information content (AvgIpc) is 2.56. The highest BCUT2D eigenvalue weighted by Gasteiger charge is 2.47. The zero-order chi connectivity index (χ0) is 8.06. The van der Waals surface area contributed by atoms with Crippen molar-refractivity contribution in [1.29, 1.82) is 0 Å². The van der Waals surface area contributed by atoms with Crippen LogP contribution in [0.5, 0.6) is 0 Å². The van der Waals surface area contributed by atoms with Gasteiger partial charge in [0.1, 0.15) is 0 Å². The minimum atomic E-state index is -0.0145. The monoisotopic (exact) mass is 150 g/mol. The molecule has 3 unspecified atom stereocenters. The topological polar surface area (TPSA) is 20.2 Å². The number of aliphatic hydroxyl groups excluding tert-OH is 1. The lowest BCUT2D eigenvalue weighted by atomic mass is 9.75. The van der Waals surface area contributed by atoms with Crippen molar-refractivity contribution < 1.29 is 5.11 Å². The second-order valence-electron chi connectivity index (χ2n) is 3.93. The maximum atomic E-state index is 9.22. The van der Waals surface area contributed by atoms with Crippen molar-refractivity contribution in [2.45, 2.75) is 13.3 Å². The average molecular weight is 150 g/mol. The summed E-state index contributed by atoms with van der Waals surface area (Å²) in [6.45, 7) is 6.41. The van der Waals surface area contributed by atoms with Gasteiger partial charge in [-0.15, -0.1) is 0 Å². The molecule has 1 heteroatoms. The SMILES string of the molecule is C=C1C2C=CC(C2)C1(C)CO. The summed E-state index contributed by atoms with van der Waals surface area (Å²) in [5.41, 5.74) is 1.21. The van der Waals surface area contributed by atoms with Crippen LogP contribution in [0.15, 0.2) is 24.3 Å². The third kappa shape index (κ3) is 0.694. The van der Waals surface area contributed by atoms with Gasteiger partial charge in [0.25, 0.3) is 0 Å². The molecule has 2 rings (SSSR count). The van der Waals surface area contributed by atoms with Gasteiger partial charge in [-0.25, -0.2) is 0 Å². The first kappa shape index (κ1) is 7.11. The molecule has 2 bridgehead atoms. The number of fused-ring (bicyclic) bond motifs is 2. The van der Waals surface area contributed by atoms with E-state index in [-0.39, 0.29) is 12.0 Å². The molecule has 0 aromatic heterocycles. The molecule has 1 nitrogen and oxygen atoms in total. The van der Waals surface area contributed by atoms with Crippen molar-refractivity contribution in [1.82, 2.24) is 0 Å². The third-order valence-corrected chi connectivity index (χ3v) is 3.41. The van der Waals surface area contributed by atoms with Gasteiger partial charge >= 0.3 is 0 Å². The molecule has 3 atom stereocenters. The Hall–Kier alpha value is -0.560. The fourth-order valence-electron chi connectivity index (χ4n) is 2.31. The highest BCUT2D eigenvalue weighted by atomic mass is 16.3. The van der Waals surface area contributed by atoms with Crippen LogP contribution in [-0.4, -0.2) is 11.7 Å². The summed E-state index contributed by atoms with van der Waals surface area (Å²) < 4.78 is 0. The number of hydrogen-bond donors (Lipinski definition) is 1. The van der Waals surface area contributed by atoms with Crippen molar-refractivity contribution in [2.24, 2.45) is 17.3 Å². The second kappa shape index (κ2) is 1.98. The Morgan fingerprint density at radius 2 is 2.45 bits per heavy atom. The van der Waals surface area contributed by atoms with Gasteiger partial charge in [-0.2, -0.15) is 0 Å². The summed E-state index contributed by atoms with van der Waals surface area (Å²) in [6.07, 6.45) is 5.63. The molecule has 11 heavy (non-hydrogen) atoms.